The van der Waals surface area contributed by atoms with E-state index in [2.05, 4.69) is 30.6 Å². The molecule has 1 amide bonds. The lowest BCUT2D eigenvalue weighted by atomic mass is 10.3. The monoisotopic (exact) mass is 516 g/mol. The van der Waals surface area contributed by atoms with Gasteiger partial charge in [-0.3, -0.25) is 9.78 Å². The molecular weight excluding hydrogens is 494 g/mol. The number of halogens is 4. The van der Waals surface area contributed by atoms with Gasteiger partial charge in [-0.1, -0.05) is 12.1 Å². The summed E-state index contributed by atoms with van der Waals surface area (Å²) in [7, 11) is 0. The molecule has 4 aromatic rings. The van der Waals surface area contributed by atoms with Gasteiger partial charge in [-0.15, -0.1) is 37.2 Å². The van der Waals surface area contributed by atoms with Crippen molar-refractivity contribution >= 4 is 54.2 Å². The van der Waals surface area contributed by atoms with Gasteiger partial charge in [0.15, 0.2) is 11.6 Å². The van der Waals surface area contributed by atoms with Crippen molar-refractivity contribution in [2.75, 3.05) is 13.1 Å². The molecule has 12 heteroatoms. The zero-order valence-corrected chi connectivity index (χ0v) is 19.9. The van der Waals surface area contributed by atoms with Gasteiger partial charge >= 0.3 is 0 Å². The van der Waals surface area contributed by atoms with E-state index < -0.39 is 11.7 Å². The normalized spacial score (nSPS) is 10.1. The average Bonchev–Trinajstić information content (AvgIpc) is 3.39. The molecule has 0 aliphatic heterocycles. The van der Waals surface area contributed by atoms with Gasteiger partial charge in [-0.05, 0) is 24.3 Å². The highest BCUT2D eigenvalue weighted by Gasteiger charge is 2.13. The number of nitrogens with one attached hydrogen (secondary N) is 3. The molecule has 1 aromatic carbocycles. The molecule has 3 N–H and O–H groups in total. The summed E-state index contributed by atoms with van der Waals surface area (Å²) in [6.07, 6.45) is 4.09. The minimum Gasteiger partial charge on any atom is -0.448 e. The number of hydrogen-bond acceptors (Lipinski definition) is 6. The standard InChI is InChI=1S/C21H21FN6O2.3ClH/c22-14-4-3-9-24-17(14)12-25-21(29)18-13-30-20(28-18)8-11-23-10-7-19-26-15-5-1-2-6-16(15)27-19;;;/h1-6,9,13,23H,7-8,10-12H2,(H,25,29)(H,26,27);3*1H. The van der Waals surface area contributed by atoms with Gasteiger partial charge in [-0.25, -0.2) is 14.4 Å². The third kappa shape index (κ3) is 7.68. The molecule has 8 nitrogen and oxygen atoms in total. The zero-order valence-electron chi connectivity index (χ0n) is 17.4. The maximum absolute atomic E-state index is 13.6. The maximum Gasteiger partial charge on any atom is 0.273 e. The maximum atomic E-state index is 13.6. The van der Waals surface area contributed by atoms with Crippen molar-refractivity contribution in [1.82, 2.24) is 30.6 Å². The second kappa shape index (κ2) is 13.7. The Morgan fingerprint density at radius 1 is 1.03 bits per heavy atom. The molecular formula is C21H24Cl3FN6O2. The van der Waals surface area contributed by atoms with Crippen molar-refractivity contribution in [3.8, 4) is 0 Å². The van der Waals surface area contributed by atoms with Crippen molar-refractivity contribution in [2.45, 2.75) is 19.4 Å². The van der Waals surface area contributed by atoms with Crippen molar-refractivity contribution in [2.24, 2.45) is 0 Å². The van der Waals surface area contributed by atoms with Crippen LogP contribution in [0.5, 0.6) is 0 Å². The fourth-order valence-corrected chi connectivity index (χ4v) is 2.98. The van der Waals surface area contributed by atoms with Crippen molar-refractivity contribution < 1.29 is 13.6 Å². The van der Waals surface area contributed by atoms with Crippen LogP contribution in [0.1, 0.15) is 27.9 Å². The lowest BCUT2D eigenvalue weighted by Crippen LogP contribution is -2.24. The van der Waals surface area contributed by atoms with Gasteiger partial charge in [-0.2, -0.15) is 0 Å². The molecule has 33 heavy (non-hydrogen) atoms. The molecule has 0 unspecified atom stereocenters. The van der Waals surface area contributed by atoms with E-state index in [1.807, 2.05) is 24.3 Å². The first-order valence-corrected chi connectivity index (χ1v) is 9.65. The third-order valence-corrected chi connectivity index (χ3v) is 4.53. The number of pyridine rings is 1. The average molecular weight is 518 g/mol. The topological polar surface area (TPSA) is 109 Å². The van der Waals surface area contributed by atoms with Crippen LogP contribution in [0.15, 0.2) is 53.3 Å². The van der Waals surface area contributed by atoms with E-state index in [9.17, 15) is 9.18 Å². The van der Waals surface area contributed by atoms with E-state index in [1.165, 1.54) is 24.6 Å². The van der Waals surface area contributed by atoms with Gasteiger partial charge in [0.2, 0.25) is 0 Å². The summed E-state index contributed by atoms with van der Waals surface area (Å²) in [5, 5.41) is 5.89. The van der Waals surface area contributed by atoms with E-state index in [-0.39, 0.29) is 55.2 Å². The smallest absolute Gasteiger partial charge is 0.273 e. The van der Waals surface area contributed by atoms with Crippen LogP contribution in [0, 0.1) is 5.82 Å². The SMILES string of the molecule is Cl.Cl.Cl.O=C(NCc1ncccc1F)c1coc(CCNCCc2nc3ccccc3[nH]2)n1. The largest absolute Gasteiger partial charge is 0.448 e. The Morgan fingerprint density at radius 2 is 1.82 bits per heavy atom. The van der Waals surface area contributed by atoms with E-state index in [0.717, 1.165) is 29.8 Å². The highest BCUT2D eigenvalue weighted by atomic mass is 35.5. The highest BCUT2D eigenvalue weighted by Crippen LogP contribution is 2.10. The van der Waals surface area contributed by atoms with Gasteiger partial charge in [0.1, 0.15) is 17.9 Å². The van der Waals surface area contributed by atoms with E-state index in [4.69, 9.17) is 4.42 Å². The fraction of sp³-hybridized carbons (Fsp3) is 0.238. The summed E-state index contributed by atoms with van der Waals surface area (Å²) >= 11 is 0. The Morgan fingerprint density at radius 3 is 2.61 bits per heavy atom. The molecule has 0 fully saturated rings. The summed E-state index contributed by atoms with van der Waals surface area (Å²) in [6.45, 7) is 1.39. The Labute approximate surface area is 208 Å². The highest BCUT2D eigenvalue weighted by molar-refractivity contribution is 5.91. The number of imidazole rings is 1. The Kier molecular flexibility index (Phi) is 11.8. The molecule has 0 atom stereocenters. The summed E-state index contributed by atoms with van der Waals surface area (Å²) in [5.74, 6) is 0.490. The minimum absolute atomic E-state index is 0. The molecule has 0 saturated carbocycles. The molecule has 178 valence electrons. The predicted molar refractivity (Wildman–Crippen MR) is 130 cm³/mol. The molecule has 4 rings (SSSR count). The lowest BCUT2D eigenvalue weighted by Gasteiger charge is -2.03. The van der Waals surface area contributed by atoms with Crippen LogP contribution in [0.3, 0.4) is 0 Å². The number of nitrogens with zero attached hydrogens (tertiary/aromatic N) is 3. The van der Waals surface area contributed by atoms with E-state index >= 15 is 0 Å². The molecule has 0 saturated heterocycles. The zero-order chi connectivity index (χ0) is 20.8. The van der Waals surface area contributed by atoms with Crippen LogP contribution < -0.4 is 10.6 Å². The predicted octanol–water partition coefficient (Wildman–Crippen LogP) is 3.66. The van der Waals surface area contributed by atoms with Crippen molar-refractivity contribution in [3.63, 3.8) is 0 Å². The van der Waals surface area contributed by atoms with Crippen LogP contribution in [0.25, 0.3) is 11.0 Å². The quantitative estimate of drug-likeness (QED) is 0.292. The van der Waals surface area contributed by atoms with Gasteiger partial charge in [0.05, 0.1) is 23.3 Å². The number of carbonyl (C=O) groups is 1. The van der Waals surface area contributed by atoms with Crippen LogP contribution in [0.4, 0.5) is 4.39 Å². The number of oxazole rings is 1. The number of hydrogen-bond donors (Lipinski definition) is 3. The van der Waals surface area contributed by atoms with Gasteiger partial charge in [0.25, 0.3) is 5.91 Å². The summed E-state index contributed by atoms with van der Waals surface area (Å²) in [6, 6.07) is 10.7. The Hall–Kier alpha value is -2.72. The van der Waals surface area contributed by atoms with Crippen LogP contribution in [-0.2, 0) is 19.4 Å². The van der Waals surface area contributed by atoms with Gasteiger partial charge in [0, 0.05) is 32.1 Å². The number of aromatic nitrogens is 4. The molecule has 0 radical (unpaired) electrons. The number of benzene rings is 1. The number of carbonyl (C=O) groups excluding carboxylic acids is 1. The molecule has 3 aromatic heterocycles. The number of para-hydroxylation sites is 2. The number of rotatable bonds is 9. The van der Waals surface area contributed by atoms with Crippen LogP contribution >= 0.6 is 37.2 Å². The molecule has 0 aliphatic carbocycles. The second-order valence-corrected chi connectivity index (χ2v) is 6.69. The van der Waals surface area contributed by atoms with Crippen LogP contribution in [-0.4, -0.2) is 38.9 Å². The first-order valence-electron chi connectivity index (χ1n) is 9.65. The number of amides is 1. The van der Waals surface area contributed by atoms with Crippen LogP contribution in [0.2, 0.25) is 0 Å². The van der Waals surface area contributed by atoms with Gasteiger partial charge < -0.3 is 20.0 Å². The number of H-pyrrole nitrogens is 1. The van der Waals surface area contributed by atoms with Crippen molar-refractivity contribution in [1.29, 1.82) is 0 Å². The number of fused-ring (bicyclic) bond motifs is 1. The van der Waals surface area contributed by atoms with Crippen molar-refractivity contribution in [3.05, 3.63) is 77.8 Å². The molecule has 0 aliphatic rings. The number of aromatic amines is 1. The summed E-state index contributed by atoms with van der Waals surface area (Å²) in [4.78, 5) is 28.0. The fourth-order valence-electron chi connectivity index (χ4n) is 2.98. The second-order valence-electron chi connectivity index (χ2n) is 6.69. The Balaban J connectivity index is 0.00000181. The van der Waals surface area contributed by atoms with E-state index in [0.29, 0.717) is 18.9 Å². The minimum atomic E-state index is -0.465. The third-order valence-electron chi connectivity index (χ3n) is 4.53. The Bertz CT molecular complexity index is 1120. The molecule has 0 spiro atoms. The first-order chi connectivity index (χ1) is 14.7. The summed E-state index contributed by atoms with van der Waals surface area (Å²) in [5.41, 5.74) is 2.32. The summed E-state index contributed by atoms with van der Waals surface area (Å²) < 4.78 is 18.9. The van der Waals surface area contributed by atoms with E-state index in [1.54, 1.807) is 0 Å². The molecule has 0 bridgehead atoms. The first kappa shape index (κ1) is 28.3. The molecule has 3 heterocycles. The lowest BCUT2D eigenvalue weighted by molar-refractivity contribution is 0.0945.